The van der Waals surface area contributed by atoms with Gasteiger partial charge in [0.2, 0.25) is 0 Å². The second kappa shape index (κ2) is 9.80. The number of morpholine rings is 1. The van der Waals surface area contributed by atoms with Crippen molar-refractivity contribution in [3.8, 4) is 0 Å². The Morgan fingerprint density at radius 1 is 1.48 bits per heavy atom. The van der Waals surface area contributed by atoms with Crippen LogP contribution in [0.2, 0.25) is 0 Å². The van der Waals surface area contributed by atoms with Crippen LogP contribution >= 0.6 is 35.3 Å². The lowest BCUT2D eigenvalue weighted by Gasteiger charge is -2.35. The second-order valence-electron chi connectivity index (χ2n) is 5.90. The van der Waals surface area contributed by atoms with Crippen LogP contribution in [-0.4, -0.2) is 55.8 Å². The fraction of sp³-hybridized carbons (Fsp3) is 0.688. The van der Waals surface area contributed by atoms with Gasteiger partial charge in [-0.3, -0.25) is 4.90 Å². The van der Waals surface area contributed by atoms with Crippen LogP contribution in [0.25, 0.3) is 0 Å². The summed E-state index contributed by atoms with van der Waals surface area (Å²) in [5.41, 5.74) is 0. The van der Waals surface area contributed by atoms with Crippen molar-refractivity contribution in [1.82, 2.24) is 15.5 Å². The molecule has 2 atom stereocenters. The van der Waals surface area contributed by atoms with E-state index in [1.807, 2.05) is 0 Å². The molecule has 2 saturated heterocycles. The number of nitrogens with one attached hydrogen (secondary N) is 2. The van der Waals surface area contributed by atoms with Gasteiger partial charge in [-0.2, -0.15) is 0 Å². The van der Waals surface area contributed by atoms with Gasteiger partial charge in [-0.25, -0.2) is 4.99 Å². The maximum Gasteiger partial charge on any atom is 0.191 e. The average Bonchev–Trinajstić information content (AvgIpc) is 3.20. The summed E-state index contributed by atoms with van der Waals surface area (Å²) < 4.78 is 5.99. The van der Waals surface area contributed by atoms with E-state index >= 15 is 0 Å². The molecule has 1 aromatic heterocycles. The smallest absolute Gasteiger partial charge is 0.191 e. The standard InChI is InChI=1S/C16H26N4OS.HI/c1-2-17-16(19-10-15-6-4-8-22-15)18-9-14-11-20-7-3-5-13(20)12-21-14;/h4,6,8,13-14H,2-3,5,7,9-12H2,1H3,(H2,17,18,19);1H. The fourth-order valence-electron chi connectivity index (χ4n) is 3.12. The Balaban J connectivity index is 0.00000192. The largest absolute Gasteiger partial charge is 0.373 e. The van der Waals surface area contributed by atoms with E-state index in [4.69, 9.17) is 4.74 Å². The Hall–Kier alpha value is -0.380. The third-order valence-corrected chi connectivity index (χ3v) is 5.14. The maximum absolute atomic E-state index is 5.99. The highest BCUT2D eigenvalue weighted by molar-refractivity contribution is 14.0. The predicted molar refractivity (Wildman–Crippen MR) is 107 cm³/mol. The van der Waals surface area contributed by atoms with Gasteiger partial charge in [-0.15, -0.1) is 35.3 Å². The molecule has 0 radical (unpaired) electrons. The highest BCUT2D eigenvalue weighted by Gasteiger charge is 2.32. The van der Waals surface area contributed by atoms with Crippen molar-refractivity contribution in [3.05, 3.63) is 22.4 Å². The number of nitrogens with zero attached hydrogens (tertiary/aromatic N) is 2. The first-order valence-electron chi connectivity index (χ1n) is 8.25. The van der Waals surface area contributed by atoms with Crippen LogP contribution in [0, 0.1) is 0 Å². The zero-order chi connectivity index (χ0) is 15.2. The van der Waals surface area contributed by atoms with Crippen LogP contribution in [0.4, 0.5) is 0 Å². The SMILES string of the molecule is CCNC(=NCc1cccs1)NCC1CN2CCCC2CO1.I. The van der Waals surface area contributed by atoms with Gasteiger partial charge in [-0.05, 0) is 37.8 Å². The van der Waals surface area contributed by atoms with Gasteiger partial charge < -0.3 is 15.4 Å². The molecule has 2 fully saturated rings. The van der Waals surface area contributed by atoms with E-state index in [2.05, 4.69) is 45.0 Å². The van der Waals surface area contributed by atoms with Crippen LogP contribution in [0.3, 0.4) is 0 Å². The molecule has 0 aliphatic carbocycles. The monoisotopic (exact) mass is 450 g/mol. The molecule has 23 heavy (non-hydrogen) atoms. The van der Waals surface area contributed by atoms with Crippen molar-refractivity contribution in [1.29, 1.82) is 0 Å². The fourth-order valence-corrected chi connectivity index (χ4v) is 3.75. The molecule has 0 aromatic carbocycles. The molecule has 0 amide bonds. The van der Waals surface area contributed by atoms with E-state index in [-0.39, 0.29) is 30.1 Å². The van der Waals surface area contributed by atoms with Crippen molar-refractivity contribution in [2.24, 2.45) is 4.99 Å². The van der Waals surface area contributed by atoms with Crippen molar-refractivity contribution in [3.63, 3.8) is 0 Å². The summed E-state index contributed by atoms with van der Waals surface area (Å²) in [6.07, 6.45) is 2.88. The first-order valence-corrected chi connectivity index (χ1v) is 9.13. The molecule has 7 heteroatoms. The predicted octanol–water partition coefficient (Wildman–Crippen LogP) is 2.28. The molecule has 0 saturated carbocycles. The summed E-state index contributed by atoms with van der Waals surface area (Å²) in [7, 11) is 0. The van der Waals surface area contributed by atoms with E-state index in [1.165, 1.54) is 24.3 Å². The number of hydrogen-bond donors (Lipinski definition) is 2. The van der Waals surface area contributed by atoms with E-state index in [0.717, 1.165) is 38.7 Å². The number of rotatable bonds is 5. The summed E-state index contributed by atoms with van der Waals surface area (Å²) in [4.78, 5) is 8.50. The summed E-state index contributed by atoms with van der Waals surface area (Å²) in [5.74, 6) is 0.878. The van der Waals surface area contributed by atoms with E-state index in [9.17, 15) is 0 Å². The van der Waals surface area contributed by atoms with E-state index < -0.39 is 0 Å². The van der Waals surface area contributed by atoms with Gasteiger partial charge in [0.25, 0.3) is 0 Å². The van der Waals surface area contributed by atoms with Crippen LogP contribution in [-0.2, 0) is 11.3 Å². The molecule has 0 spiro atoms. The third kappa shape index (κ3) is 5.58. The molecule has 0 bridgehead atoms. The molecular weight excluding hydrogens is 423 g/mol. The molecule has 3 rings (SSSR count). The van der Waals surface area contributed by atoms with Crippen LogP contribution in [0.5, 0.6) is 0 Å². The van der Waals surface area contributed by atoms with Gasteiger partial charge >= 0.3 is 0 Å². The molecule has 5 nitrogen and oxygen atoms in total. The minimum absolute atomic E-state index is 0. The number of halogens is 1. The van der Waals surface area contributed by atoms with Gasteiger partial charge in [0.05, 0.1) is 19.3 Å². The molecule has 3 heterocycles. The molecule has 1 aromatic rings. The van der Waals surface area contributed by atoms with Crippen molar-refractivity contribution in [2.45, 2.75) is 38.5 Å². The number of hydrogen-bond acceptors (Lipinski definition) is 4. The van der Waals surface area contributed by atoms with Gasteiger partial charge in [0.15, 0.2) is 5.96 Å². The highest BCUT2D eigenvalue weighted by Crippen LogP contribution is 2.22. The summed E-state index contributed by atoms with van der Waals surface area (Å²) in [6, 6.07) is 4.85. The Kier molecular flexibility index (Phi) is 8.08. The second-order valence-corrected chi connectivity index (χ2v) is 6.93. The van der Waals surface area contributed by atoms with Crippen LogP contribution in [0.1, 0.15) is 24.6 Å². The molecule has 2 N–H and O–H groups in total. The molecule has 2 unspecified atom stereocenters. The molecule has 130 valence electrons. The number of fused-ring (bicyclic) bond motifs is 1. The van der Waals surface area contributed by atoms with Crippen LogP contribution < -0.4 is 10.6 Å². The van der Waals surface area contributed by atoms with E-state index in [0.29, 0.717) is 6.04 Å². The average molecular weight is 450 g/mol. The lowest BCUT2D eigenvalue weighted by molar-refractivity contribution is -0.0453. The zero-order valence-corrected chi connectivity index (χ0v) is 16.8. The maximum atomic E-state index is 5.99. The lowest BCUT2D eigenvalue weighted by Crippen LogP contribution is -2.51. The summed E-state index contributed by atoms with van der Waals surface area (Å²) >= 11 is 1.75. The lowest BCUT2D eigenvalue weighted by atomic mass is 10.2. The Labute approximate surface area is 159 Å². The van der Waals surface area contributed by atoms with E-state index in [1.54, 1.807) is 11.3 Å². The Morgan fingerprint density at radius 2 is 2.39 bits per heavy atom. The van der Waals surface area contributed by atoms with Crippen LogP contribution in [0.15, 0.2) is 22.5 Å². The van der Waals surface area contributed by atoms with Gasteiger partial charge in [-0.1, -0.05) is 6.07 Å². The molecular formula is C16H27IN4OS. The third-order valence-electron chi connectivity index (χ3n) is 4.28. The zero-order valence-electron chi connectivity index (χ0n) is 13.7. The highest BCUT2D eigenvalue weighted by atomic mass is 127. The quantitative estimate of drug-likeness (QED) is 0.411. The summed E-state index contributed by atoms with van der Waals surface area (Å²) in [5, 5.41) is 8.82. The molecule has 2 aliphatic rings. The van der Waals surface area contributed by atoms with Crippen molar-refractivity contribution in [2.75, 3.05) is 32.8 Å². The number of aliphatic imine (C=N–C) groups is 1. The minimum Gasteiger partial charge on any atom is -0.373 e. The number of ether oxygens (including phenoxy) is 1. The Bertz CT molecular complexity index is 482. The van der Waals surface area contributed by atoms with Crippen molar-refractivity contribution < 1.29 is 4.74 Å². The Morgan fingerprint density at radius 3 is 3.17 bits per heavy atom. The normalized spacial score (nSPS) is 24.8. The molecule has 2 aliphatic heterocycles. The minimum atomic E-state index is 0. The number of guanidine groups is 1. The summed E-state index contributed by atoms with van der Waals surface area (Å²) in [6.45, 7) is 7.67. The first-order chi connectivity index (χ1) is 10.8. The number of thiophene rings is 1. The first kappa shape index (κ1) is 19.0. The van der Waals surface area contributed by atoms with Gasteiger partial charge in [0, 0.05) is 30.6 Å². The topological polar surface area (TPSA) is 48.9 Å². The van der Waals surface area contributed by atoms with Gasteiger partial charge in [0.1, 0.15) is 0 Å². The van der Waals surface area contributed by atoms with Crippen molar-refractivity contribution >= 4 is 41.3 Å².